The minimum absolute atomic E-state index is 0.175. The second kappa shape index (κ2) is 8.95. The standard InChI is InChI=1S/C21H26N6OS2/c28-20(13-16-15-30-21(22-16)17-5-4-12-29-17)26-10-8-25(9-11-26)14-19-24-23-18-6-2-1-3-7-27(18)19/h4-5,12,15H,1-3,6-11,13-14H2. The fraction of sp³-hybridized carbons (Fsp3) is 0.524. The highest BCUT2D eigenvalue weighted by atomic mass is 32.1. The van der Waals surface area contributed by atoms with E-state index in [1.807, 2.05) is 16.3 Å². The number of piperazine rings is 1. The third-order valence-electron chi connectivity index (χ3n) is 5.89. The largest absolute Gasteiger partial charge is 0.340 e. The minimum atomic E-state index is 0.175. The summed E-state index contributed by atoms with van der Waals surface area (Å²) in [6.45, 7) is 5.16. The Labute approximate surface area is 184 Å². The molecule has 3 aromatic heterocycles. The topological polar surface area (TPSA) is 67.2 Å². The van der Waals surface area contributed by atoms with Crippen LogP contribution in [0.1, 0.15) is 36.6 Å². The van der Waals surface area contributed by atoms with Crippen LogP contribution in [0.4, 0.5) is 0 Å². The predicted molar refractivity (Wildman–Crippen MR) is 119 cm³/mol. The summed E-state index contributed by atoms with van der Waals surface area (Å²) < 4.78 is 2.32. The lowest BCUT2D eigenvalue weighted by atomic mass is 10.2. The van der Waals surface area contributed by atoms with Gasteiger partial charge in [-0.05, 0) is 24.3 Å². The Morgan fingerprint density at radius 2 is 1.93 bits per heavy atom. The number of thiophene rings is 1. The molecule has 0 saturated carbocycles. The van der Waals surface area contributed by atoms with Gasteiger partial charge in [-0.25, -0.2) is 4.98 Å². The number of carbonyl (C=O) groups is 1. The molecule has 0 unspecified atom stereocenters. The van der Waals surface area contributed by atoms with E-state index in [0.29, 0.717) is 6.42 Å². The molecule has 1 amide bonds. The highest BCUT2D eigenvalue weighted by molar-refractivity contribution is 7.20. The summed E-state index contributed by atoms with van der Waals surface area (Å²) in [5.74, 6) is 2.39. The Kier molecular flexibility index (Phi) is 5.92. The molecule has 0 aromatic carbocycles. The number of fused-ring (bicyclic) bond motifs is 1. The molecule has 5 heterocycles. The molecule has 0 spiro atoms. The lowest BCUT2D eigenvalue weighted by molar-refractivity contribution is -0.132. The van der Waals surface area contributed by atoms with Crippen molar-refractivity contribution in [3.05, 3.63) is 40.2 Å². The molecule has 0 aliphatic carbocycles. The van der Waals surface area contributed by atoms with Crippen molar-refractivity contribution in [3.8, 4) is 9.88 Å². The summed E-state index contributed by atoms with van der Waals surface area (Å²) in [6, 6.07) is 4.10. The van der Waals surface area contributed by atoms with Crippen LogP contribution in [0.3, 0.4) is 0 Å². The molecule has 1 saturated heterocycles. The molecule has 3 aromatic rings. The van der Waals surface area contributed by atoms with E-state index >= 15 is 0 Å². The number of nitrogens with zero attached hydrogens (tertiary/aromatic N) is 6. The van der Waals surface area contributed by atoms with Gasteiger partial charge in [0.25, 0.3) is 0 Å². The Morgan fingerprint density at radius 3 is 2.77 bits per heavy atom. The van der Waals surface area contributed by atoms with Gasteiger partial charge in [0.05, 0.1) is 23.5 Å². The van der Waals surface area contributed by atoms with Crippen LogP contribution in [-0.4, -0.2) is 61.6 Å². The smallest absolute Gasteiger partial charge is 0.228 e. The van der Waals surface area contributed by atoms with Gasteiger partial charge in [-0.1, -0.05) is 12.5 Å². The first-order valence-corrected chi connectivity index (χ1v) is 12.4. The quantitative estimate of drug-likeness (QED) is 0.608. The Balaban J connectivity index is 1.14. The maximum absolute atomic E-state index is 12.8. The number of carbonyl (C=O) groups excluding carboxylic acids is 1. The molecule has 9 heteroatoms. The van der Waals surface area contributed by atoms with Gasteiger partial charge >= 0.3 is 0 Å². The van der Waals surface area contributed by atoms with Crippen LogP contribution in [0.5, 0.6) is 0 Å². The third kappa shape index (κ3) is 4.33. The summed E-state index contributed by atoms with van der Waals surface area (Å²) in [7, 11) is 0. The number of aromatic nitrogens is 4. The maximum Gasteiger partial charge on any atom is 0.228 e. The first-order chi connectivity index (χ1) is 14.8. The predicted octanol–water partition coefficient (Wildman–Crippen LogP) is 3.08. The molecule has 0 N–H and O–H groups in total. The van der Waals surface area contributed by atoms with Crippen molar-refractivity contribution < 1.29 is 4.79 Å². The number of hydrogen-bond acceptors (Lipinski definition) is 7. The number of rotatable bonds is 5. The second-order valence-corrected chi connectivity index (χ2v) is 9.76. The zero-order chi connectivity index (χ0) is 20.3. The van der Waals surface area contributed by atoms with Crippen LogP contribution in [0, 0.1) is 0 Å². The van der Waals surface area contributed by atoms with E-state index < -0.39 is 0 Å². The van der Waals surface area contributed by atoms with E-state index in [4.69, 9.17) is 0 Å². The van der Waals surface area contributed by atoms with Gasteiger partial charge < -0.3 is 9.47 Å². The monoisotopic (exact) mass is 442 g/mol. The fourth-order valence-electron chi connectivity index (χ4n) is 4.19. The van der Waals surface area contributed by atoms with Crippen LogP contribution in [0.2, 0.25) is 0 Å². The Bertz CT molecular complexity index is 987. The molecule has 2 aliphatic rings. The van der Waals surface area contributed by atoms with E-state index in [0.717, 1.165) is 68.0 Å². The molecule has 0 radical (unpaired) electrons. The molecule has 5 rings (SSSR count). The van der Waals surface area contributed by atoms with Gasteiger partial charge in [0.1, 0.15) is 16.7 Å². The van der Waals surface area contributed by atoms with E-state index in [-0.39, 0.29) is 5.91 Å². The van der Waals surface area contributed by atoms with Gasteiger partial charge in [0.15, 0.2) is 0 Å². The van der Waals surface area contributed by atoms with Crippen LogP contribution in [-0.2, 0) is 30.7 Å². The number of thiazole rings is 1. The first kappa shape index (κ1) is 19.8. The van der Waals surface area contributed by atoms with Crippen molar-refractivity contribution >= 4 is 28.6 Å². The number of hydrogen-bond donors (Lipinski definition) is 0. The van der Waals surface area contributed by atoms with Gasteiger partial charge in [0, 0.05) is 44.5 Å². The van der Waals surface area contributed by atoms with Crippen molar-refractivity contribution in [2.24, 2.45) is 0 Å². The second-order valence-electron chi connectivity index (χ2n) is 7.95. The van der Waals surface area contributed by atoms with Crippen molar-refractivity contribution in [3.63, 3.8) is 0 Å². The summed E-state index contributed by atoms with van der Waals surface area (Å²) in [6.07, 6.45) is 5.13. The summed E-state index contributed by atoms with van der Waals surface area (Å²) in [4.78, 5) is 23.0. The van der Waals surface area contributed by atoms with Crippen LogP contribution >= 0.6 is 22.7 Å². The zero-order valence-corrected chi connectivity index (χ0v) is 18.6. The molecular weight excluding hydrogens is 416 g/mol. The van der Waals surface area contributed by atoms with Crippen molar-refractivity contribution in [1.29, 1.82) is 0 Å². The van der Waals surface area contributed by atoms with E-state index in [2.05, 4.69) is 36.1 Å². The van der Waals surface area contributed by atoms with Gasteiger partial charge in [-0.2, -0.15) is 0 Å². The third-order valence-corrected chi connectivity index (χ3v) is 7.82. The highest BCUT2D eigenvalue weighted by Gasteiger charge is 2.24. The normalized spacial score (nSPS) is 17.7. The fourth-order valence-corrected chi connectivity index (χ4v) is 5.82. The van der Waals surface area contributed by atoms with Crippen LogP contribution < -0.4 is 0 Å². The summed E-state index contributed by atoms with van der Waals surface area (Å²) >= 11 is 3.30. The average molecular weight is 443 g/mol. The molecule has 0 atom stereocenters. The SMILES string of the molecule is O=C(Cc1csc(-c2cccs2)n1)N1CCN(Cc2nnc3n2CCCCC3)CC1. The Hall–Kier alpha value is -2.10. The van der Waals surface area contributed by atoms with E-state index in [9.17, 15) is 4.79 Å². The Morgan fingerprint density at radius 1 is 1.03 bits per heavy atom. The molecular formula is C21H26N6OS2. The van der Waals surface area contributed by atoms with E-state index in [1.165, 1.54) is 24.1 Å². The average Bonchev–Trinajstić information content (AvgIpc) is 3.48. The van der Waals surface area contributed by atoms with Crippen molar-refractivity contribution in [2.45, 2.75) is 45.2 Å². The molecule has 1 fully saturated rings. The van der Waals surface area contributed by atoms with Crippen LogP contribution in [0.25, 0.3) is 9.88 Å². The lowest BCUT2D eigenvalue weighted by Crippen LogP contribution is -2.49. The number of amides is 1. The molecule has 0 bridgehead atoms. The molecule has 158 valence electrons. The molecule has 30 heavy (non-hydrogen) atoms. The minimum Gasteiger partial charge on any atom is -0.340 e. The van der Waals surface area contributed by atoms with E-state index in [1.54, 1.807) is 22.7 Å². The number of aryl methyl sites for hydroxylation is 1. The van der Waals surface area contributed by atoms with Crippen molar-refractivity contribution in [1.82, 2.24) is 29.5 Å². The van der Waals surface area contributed by atoms with Gasteiger partial charge in [-0.15, -0.1) is 32.9 Å². The maximum atomic E-state index is 12.8. The summed E-state index contributed by atoms with van der Waals surface area (Å²) in [5, 5.41) is 13.9. The lowest BCUT2D eigenvalue weighted by Gasteiger charge is -2.34. The molecule has 2 aliphatic heterocycles. The molecule has 7 nitrogen and oxygen atoms in total. The van der Waals surface area contributed by atoms with Crippen LogP contribution in [0.15, 0.2) is 22.9 Å². The zero-order valence-electron chi connectivity index (χ0n) is 17.0. The van der Waals surface area contributed by atoms with Gasteiger partial charge in [-0.3, -0.25) is 9.69 Å². The van der Waals surface area contributed by atoms with Gasteiger partial charge in [0.2, 0.25) is 5.91 Å². The summed E-state index contributed by atoms with van der Waals surface area (Å²) in [5.41, 5.74) is 0.877. The van der Waals surface area contributed by atoms with Crippen molar-refractivity contribution in [2.75, 3.05) is 26.2 Å². The first-order valence-electron chi connectivity index (χ1n) is 10.7. The highest BCUT2D eigenvalue weighted by Crippen LogP contribution is 2.28.